The van der Waals surface area contributed by atoms with E-state index >= 15 is 0 Å². The fraction of sp³-hybridized carbons (Fsp3) is 0.318. The lowest BCUT2D eigenvalue weighted by molar-refractivity contribution is -0.153. The van der Waals surface area contributed by atoms with E-state index in [1.807, 2.05) is 0 Å². The van der Waals surface area contributed by atoms with Crippen LogP contribution in [-0.4, -0.2) is 47.4 Å². The average Bonchev–Trinajstić information content (AvgIpc) is 2.76. The molecular weight excluding hydrogens is 504 g/mol. The quantitative estimate of drug-likeness (QED) is 0.476. The topological polar surface area (TPSA) is 67.2 Å². The SMILES string of the molecule is CCC(NC(=O)c1cn(-c2ccc(F)cc2F)c2nc(N(C)CC(F)(F)F)ccc2c1=O)C(F)(F)F. The first-order valence-corrected chi connectivity index (χ1v) is 10.3. The van der Waals surface area contributed by atoms with Gasteiger partial charge in [0.2, 0.25) is 5.43 Å². The predicted molar refractivity (Wildman–Crippen MR) is 114 cm³/mol. The number of nitrogens with one attached hydrogen (secondary N) is 1. The number of nitrogens with zero attached hydrogens (tertiary/aromatic N) is 3. The molecule has 2 aromatic heterocycles. The van der Waals surface area contributed by atoms with Crippen LogP contribution in [0.25, 0.3) is 16.7 Å². The Morgan fingerprint density at radius 2 is 1.78 bits per heavy atom. The second kappa shape index (κ2) is 9.74. The van der Waals surface area contributed by atoms with Gasteiger partial charge < -0.3 is 10.2 Å². The van der Waals surface area contributed by atoms with E-state index in [0.29, 0.717) is 17.2 Å². The number of halogens is 8. The molecule has 0 saturated heterocycles. The average molecular weight is 522 g/mol. The van der Waals surface area contributed by atoms with Crippen molar-refractivity contribution in [3.05, 3.63) is 63.9 Å². The lowest BCUT2D eigenvalue weighted by Crippen LogP contribution is -2.46. The molecule has 1 unspecified atom stereocenters. The molecule has 1 N–H and O–H groups in total. The number of alkyl halides is 6. The smallest absolute Gasteiger partial charge is 0.351 e. The highest BCUT2D eigenvalue weighted by Crippen LogP contribution is 2.25. The number of hydrogen-bond donors (Lipinski definition) is 1. The number of benzene rings is 1. The van der Waals surface area contributed by atoms with Crippen LogP contribution in [0.4, 0.5) is 40.9 Å². The van der Waals surface area contributed by atoms with Crippen LogP contribution >= 0.6 is 0 Å². The van der Waals surface area contributed by atoms with Crippen LogP contribution in [0.15, 0.2) is 41.3 Å². The zero-order chi connectivity index (χ0) is 27.0. The fourth-order valence-electron chi connectivity index (χ4n) is 3.43. The summed E-state index contributed by atoms with van der Waals surface area (Å²) in [7, 11) is 1.06. The number of carbonyl (C=O) groups is 1. The maximum atomic E-state index is 14.6. The molecule has 3 rings (SSSR count). The van der Waals surface area contributed by atoms with Gasteiger partial charge in [0.15, 0.2) is 5.65 Å². The molecule has 0 spiro atoms. The molecule has 0 bridgehead atoms. The van der Waals surface area contributed by atoms with Gasteiger partial charge in [0, 0.05) is 19.3 Å². The van der Waals surface area contributed by atoms with Gasteiger partial charge in [0.25, 0.3) is 5.91 Å². The summed E-state index contributed by atoms with van der Waals surface area (Å²) in [5, 5.41) is 1.31. The summed E-state index contributed by atoms with van der Waals surface area (Å²) in [4.78, 5) is 30.3. The molecule has 3 aromatic rings. The molecule has 14 heteroatoms. The number of rotatable bonds is 6. The summed E-state index contributed by atoms with van der Waals surface area (Å²) in [6.45, 7) is -0.259. The maximum absolute atomic E-state index is 14.6. The minimum atomic E-state index is -4.82. The minimum Gasteiger partial charge on any atom is -0.351 e. The lowest BCUT2D eigenvalue weighted by Gasteiger charge is -2.22. The summed E-state index contributed by atoms with van der Waals surface area (Å²) in [6, 6.07) is 1.98. The molecule has 194 valence electrons. The number of amides is 1. The van der Waals surface area contributed by atoms with Crippen LogP contribution in [0.5, 0.6) is 0 Å². The second-order valence-corrected chi connectivity index (χ2v) is 7.83. The summed E-state index contributed by atoms with van der Waals surface area (Å²) < 4.78 is 107. The largest absolute Gasteiger partial charge is 0.408 e. The van der Waals surface area contributed by atoms with Crippen molar-refractivity contribution in [2.45, 2.75) is 31.7 Å². The number of hydrogen-bond acceptors (Lipinski definition) is 4. The summed E-state index contributed by atoms with van der Waals surface area (Å²) in [5.41, 5.74) is -2.76. The highest BCUT2D eigenvalue weighted by Gasteiger charge is 2.39. The van der Waals surface area contributed by atoms with E-state index in [9.17, 15) is 44.7 Å². The number of aromatic nitrogens is 2. The third kappa shape index (κ3) is 5.74. The van der Waals surface area contributed by atoms with Crippen LogP contribution < -0.4 is 15.6 Å². The highest BCUT2D eigenvalue weighted by molar-refractivity contribution is 5.97. The Morgan fingerprint density at radius 1 is 1.11 bits per heavy atom. The Hall–Kier alpha value is -3.71. The molecule has 0 saturated carbocycles. The van der Waals surface area contributed by atoms with Gasteiger partial charge in [0.05, 0.1) is 11.1 Å². The third-order valence-electron chi connectivity index (χ3n) is 5.17. The molecule has 36 heavy (non-hydrogen) atoms. The Kier molecular flexibility index (Phi) is 7.27. The van der Waals surface area contributed by atoms with Gasteiger partial charge in [-0.3, -0.25) is 14.2 Å². The van der Waals surface area contributed by atoms with Gasteiger partial charge in [-0.25, -0.2) is 13.8 Å². The Labute approximate surface area is 198 Å². The van der Waals surface area contributed by atoms with E-state index in [1.54, 1.807) is 5.32 Å². The molecule has 0 aliphatic heterocycles. The molecular formula is C22H18F8N4O2. The zero-order valence-corrected chi connectivity index (χ0v) is 18.6. The lowest BCUT2D eigenvalue weighted by atomic mass is 10.1. The van der Waals surface area contributed by atoms with E-state index in [0.717, 1.165) is 42.8 Å². The molecule has 0 aliphatic carbocycles. The van der Waals surface area contributed by atoms with E-state index in [1.165, 1.54) is 0 Å². The molecule has 0 aliphatic rings. The maximum Gasteiger partial charge on any atom is 0.408 e. The van der Waals surface area contributed by atoms with Gasteiger partial charge >= 0.3 is 12.4 Å². The second-order valence-electron chi connectivity index (χ2n) is 7.83. The first-order valence-electron chi connectivity index (χ1n) is 10.3. The normalized spacial score (nSPS) is 13.1. The van der Waals surface area contributed by atoms with Crippen molar-refractivity contribution in [3.63, 3.8) is 0 Å². The molecule has 0 fully saturated rings. The third-order valence-corrected chi connectivity index (χ3v) is 5.17. The molecule has 2 heterocycles. The van der Waals surface area contributed by atoms with E-state index in [2.05, 4.69) is 4.98 Å². The van der Waals surface area contributed by atoms with Crippen LogP contribution in [0.1, 0.15) is 23.7 Å². The fourth-order valence-corrected chi connectivity index (χ4v) is 3.43. The van der Waals surface area contributed by atoms with Crippen LogP contribution in [0, 0.1) is 11.6 Å². The Bertz CT molecular complexity index is 1350. The Balaban J connectivity index is 2.25. The zero-order valence-electron chi connectivity index (χ0n) is 18.6. The van der Waals surface area contributed by atoms with E-state index < -0.39 is 76.6 Å². The monoisotopic (exact) mass is 522 g/mol. The predicted octanol–water partition coefficient (Wildman–Crippen LogP) is 4.73. The van der Waals surface area contributed by atoms with Gasteiger partial charge in [-0.15, -0.1) is 0 Å². The van der Waals surface area contributed by atoms with Gasteiger partial charge in [-0.2, -0.15) is 26.3 Å². The summed E-state index contributed by atoms with van der Waals surface area (Å²) in [6.07, 6.45) is -9.26. The summed E-state index contributed by atoms with van der Waals surface area (Å²) in [5.74, 6) is -3.87. The van der Waals surface area contributed by atoms with Crippen LogP contribution in [0.3, 0.4) is 0 Å². The highest BCUT2D eigenvalue weighted by atomic mass is 19.4. The van der Waals surface area contributed by atoms with Gasteiger partial charge in [0.1, 0.15) is 35.6 Å². The Morgan fingerprint density at radius 3 is 2.33 bits per heavy atom. The number of anilines is 1. The van der Waals surface area contributed by atoms with Crippen molar-refractivity contribution in [3.8, 4) is 5.69 Å². The van der Waals surface area contributed by atoms with Crippen LogP contribution in [0.2, 0.25) is 0 Å². The van der Waals surface area contributed by atoms with Crippen molar-refractivity contribution < 1.29 is 39.9 Å². The van der Waals surface area contributed by atoms with Crippen molar-refractivity contribution in [2.75, 3.05) is 18.5 Å². The molecule has 1 aromatic carbocycles. The van der Waals surface area contributed by atoms with Gasteiger partial charge in [-0.1, -0.05) is 6.92 Å². The molecule has 0 radical (unpaired) electrons. The number of pyridine rings is 2. The molecule has 6 nitrogen and oxygen atoms in total. The first-order chi connectivity index (χ1) is 16.6. The van der Waals surface area contributed by atoms with Crippen molar-refractivity contribution in [1.29, 1.82) is 0 Å². The van der Waals surface area contributed by atoms with E-state index in [-0.39, 0.29) is 5.82 Å². The van der Waals surface area contributed by atoms with Crippen molar-refractivity contribution in [2.24, 2.45) is 0 Å². The van der Waals surface area contributed by atoms with Crippen molar-refractivity contribution >= 4 is 22.8 Å². The van der Waals surface area contributed by atoms with E-state index in [4.69, 9.17) is 0 Å². The molecule has 1 amide bonds. The number of carbonyl (C=O) groups excluding carboxylic acids is 1. The molecule has 1 atom stereocenters. The van der Waals surface area contributed by atoms with Crippen molar-refractivity contribution in [1.82, 2.24) is 14.9 Å². The van der Waals surface area contributed by atoms with Crippen LogP contribution in [-0.2, 0) is 0 Å². The van der Waals surface area contributed by atoms with Gasteiger partial charge in [-0.05, 0) is 30.7 Å². The number of fused-ring (bicyclic) bond motifs is 1. The standard InChI is InChI=1S/C22H18F8N4O2/c1-3-16(22(28,29)30)31-20(36)13-9-34(15-6-4-11(23)8-14(15)24)19-12(18(13)35)5-7-17(32-19)33(2)10-21(25,26)27/h4-9,16H,3,10H2,1-2H3,(H,31,36). The summed E-state index contributed by atoms with van der Waals surface area (Å²) >= 11 is 0. The minimum absolute atomic E-state index is 0.282. The first kappa shape index (κ1) is 26.9.